The minimum Gasteiger partial charge on any atom is -0.334 e. The topological polar surface area (TPSA) is 54.0 Å². The highest BCUT2D eigenvalue weighted by molar-refractivity contribution is 9.10. The first-order chi connectivity index (χ1) is 9.06. The number of rotatable bonds is 3. The van der Waals surface area contributed by atoms with Gasteiger partial charge >= 0.3 is 6.03 Å². The van der Waals surface area contributed by atoms with Crippen LogP contribution in [0.15, 0.2) is 28.7 Å². The van der Waals surface area contributed by atoms with Gasteiger partial charge in [0.15, 0.2) is 5.13 Å². The van der Waals surface area contributed by atoms with Crippen LogP contribution in [0.4, 0.5) is 9.93 Å². The van der Waals surface area contributed by atoms with Gasteiger partial charge in [0.25, 0.3) is 0 Å². The van der Waals surface area contributed by atoms with Crippen LogP contribution in [-0.2, 0) is 6.54 Å². The van der Waals surface area contributed by atoms with Gasteiger partial charge < -0.3 is 5.32 Å². The molecule has 1 aromatic carbocycles. The maximum atomic E-state index is 11.7. The Morgan fingerprint density at radius 1 is 1.37 bits per heavy atom. The van der Waals surface area contributed by atoms with Crippen LogP contribution in [0.25, 0.3) is 0 Å². The molecule has 0 aliphatic rings. The molecule has 2 rings (SSSR count). The Balaban J connectivity index is 1.90. The van der Waals surface area contributed by atoms with Gasteiger partial charge in [0.2, 0.25) is 0 Å². The number of nitrogens with one attached hydrogen (secondary N) is 2. The molecule has 1 aromatic heterocycles. The van der Waals surface area contributed by atoms with Gasteiger partial charge in [0, 0.05) is 15.9 Å². The fraction of sp³-hybridized carbons (Fsp3) is 0.231. The quantitative estimate of drug-likeness (QED) is 0.892. The zero-order valence-corrected chi connectivity index (χ0v) is 13.1. The van der Waals surface area contributed by atoms with E-state index >= 15 is 0 Å². The summed E-state index contributed by atoms with van der Waals surface area (Å²) in [6.07, 6.45) is 0. The lowest BCUT2D eigenvalue weighted by molar-refractivity contribution is 0.251. The lowest BCUT2D eigenvalue weighted by atomic mass is 10.2. The second kappa shape index (κ2) is 6.16. The SMILES string of the molecule is Cc1nc(NC(=O)NCc2ccccc2Br)sc1C. The first-order valence-electron chi connectivity index (χ1n) is 5.78. The van der Waals surface area contributed by atoms with Gasteiger partial charge in [-0.15, -0.1) is 11.3 Å². The fourth-order valence-corrected chi connectivity index (χ4v) is 2.72. The first kappa shape index (κ1) is 14.0. The van der Waals surface area contributed by atoms with Crippen molar-refractivity contribution in [2.45, 2.75) is 20.4 Å². The predicted octanol–water partition coefficient (Wildman–Crippen LogP) is 3.84. The van der Waals surface area contributed by atoms with E-state index in [1.54, 1.807) is 0 Å². The molecule has 0 atom stereocenters. The third-order valence-electron chi connectivity index (χ3n) is 2.65. The molecule has 2 aromatic rings. The average molecular weight is 340 g/mol. The number of carbonyl (C=O) groups excluding carboxylic acids is 1. The normalized spacial score (nSPS) is 10.3. The maximum absolute atomic E-state index is 11.7. The van der Waals surface area contributed by atoms with Crippen molar-refractivity contribution in [3.8, 4) is 0 Å². The minimum atomic E-state index is -0.246. The number of hydrogen-bond acceptors (Lipinski definition) is 3. The number of thiazole rings is 1. The highest BCUT2D eigenvalue weighted by Gasteiger charge is 2.07. The third-order valence-corrected chi connectivity index (χ3v) is 4.41. The standard InChI is InChI=1S/C13H14BrN3OS/c1-8-9(2)19-13(16-8)17-12(18)15-7-10-5-3-4-6-11(10)14/h3-6H,7H2,1-2H3,(H2,15,16,17,18). The Morgan fingerprint density at radius 2 is 2.11 bits per heavy atom. The summed E-state index contributed by atoms with van der Waals surface area (Å²) in [4.78, 5) is 17.1. The Bertz CT molecular complexity index is 578. The molecule has 0 spiro atoms. The second-order valence-electron chi connectivity index (χ2n) is 4.06. The van der Waals surface area contributed by atoms with Crippen LogP contribution in [0.2, 0.25) is 0 Å². The Labute approximate surface area is 124 Å². The van der Waals surface area contributed by atoms with Gasteiger partial charge in [-0.2, -0.15) is 0 Å². The molecule has 4 nitrogen and oxygen atoms in total. The summed E-state index contributed by atoms with van der Waals surface area (Å²) < 4.78 is 0.983. The highest BCUT2D eigenvalue weighted by Crippen LogP contribution is 2.21. The van der Waals surface area contributed by atoms with Crippen molar-refractivity contribution >= 4 is 38.4 Å². The molecule has 0 saturated carbocycles. The van der Waals surface area contributed by atoms with E-state index in [4.69, 9.17) is 0 Å². The summed E-state index contributed by atoms with van der Waals surface area (Å²) in [5, 5.41) is 6.16. The maximum Gasteiger partial charge on any atom is 0.321 e. The summed E-state index contributed by atoms with van der Waals surface area (Å²) in [5.41, 5.74) is 1.98. The van der Waals surface area contributed by atoms with E-state index in [0.717, 1.165) is 20.6 Å². The molecule has 19 heavy (non-hydrogen) atoms. The molecule has 0 fully saturated rings. The van der Waals surface area contributed by atoms with E-state index in [1.807, 2.05) is 38.1 Å². The summed E-state index contributed by atoms with van der Waals surface area (Å²) in [6.45, 7) is 4.38. The summed E-state index contributed by atoms with van der Waals surface area (Å²) in [5.74, 6) is 0. The van der Waals surface area contributed by atoms with Crippen LogP contribution in [0.5, 0.6) is 0 Å². The van der Waals surface area contributed by atoms with Crippen LogP contribution in [-0.4, -0.2) is 11.0 Å². The van der Waals surface area contributed by atoms with Crippen LogP contribution in [0, 0.1) is 13.8 Å². The Morgan fingerprint density at radius 3 is 2.74 bits per heavy atom. The lowest BCUT2D eigenvalue weighted by Crippen LogP contribution is -2.28. The molecule has 2 amide bonds. The molecule has 6 heteroatoms. The zero-order valence-electron chi connectivity index (χ0n) is 10.7. The number of anilines is 1. The highest BCUT2D eigenvalue weighted by atomic mass is 79.9. The summed E-state index contributed by atoms with van der Waals surface area (Å²) in [6, 6.07) is 7.54. The van der Waals surface area contributed by atoms with Crippen molar-refractivity contribution in [1.82, 2.24) is 10.3 Å². The van der Waals surface area contributed by atoms with Gasteiger partial charge in [0.1, 0.15) is 0 Å². The van der Waals surface area contributed by atoms with Gasteiger partial charge in [0.05, 0.1) is 5.69 Å². The molecular weight excluding hydrogens is 326 g/mol. The number of nitrogens with zero attached hydrogens (tertiary/aromatic N) is 1. The number of carbonyl (C=O) groups is 1. The molecule has 1 heterocycles. The molecular formula is C13H14BrN3OS. The number of hydrogen-bond donors (Lipinski definition) is 2. The van der Waals surface area contributed by atoms with Crippen molar-refractivity contribution in [2.24, 2.45) is 0 Å². The lowest BCUT2D eigenvalue weighted by Gasteiger charge is -2.06. The molecule has 100 valence electrons. The minimum absolute atomic E-state index is 0.246. The van der Waals surface area contributed by atoms with Crippen LogP contribution >= 0.6 is 27.3 Å². The van der Waals surface area contributed by atoms with E-state index in [2.05, 4.69) is 31.5 Å². The fourth-order valence-electron chi connectivity index (χ4n) is 1.48. The van der Waals surface area contributed by atoms with E-state index in [9.17, 15) is 4.79 Å². The van der Waals surface area contributed by atoms with Gasteiger partial charge in [-0.05, 0) is 25.5 Å². The van der Waals surface area contributed by atoms with Gasteiger partial charge in [-0.25, -0.2) is 9.78 Å². The zero-order chi connectivity index (χ0) is 13.8. The number of urea groups is 1. The molecule has 2 N–H and O–H groups in total. The van der Waals surface area contributed by atoms with E-state index in [1.165, 1.54) is 11.3 Å². The van der Waals surface area contributed by atoms with Crippen molar-refractivity contribution in [1.29, 1.82) is 0 Å². The molecule has 0 saturated heterocycles. The molecule has 0 bridgehead atoms. The van der Waals surface area contributed by atoms with Crippen molar-refractivity contribution < 1.29 is 4.79 Å². The van der Waals surface area contributed by atoms with Gasteiger partial charge in [-0.1, -0.05) is 34.1 Å². The number of halogens is 1. The Hall–Kier alpha value is -1.40. The smallest absolute Gasteiger partial charge is 0.321 e. The number of aromatic nitrogens is 1. The average Bonchev–Trinajstić information content (AvgIpc) is 2.67. The Kier molecular flexibility index (Phi) is 4.55. The van der Waals surface area contributed by atoms with Gasteiger partial charge in [-0.3, -0.25) is 5.32 Å². The van der Waals surface area contributed by atoms with Crippen LogP contribution < -0.4 is 10.6 Å². The number of amides is 2. The van der Waals surface area contributed by atoms with Crippen molar-refractivity contribution in [2.75, 3.05) is 5.32 Å². The van der Waals surface area contributed by atoms with Crippen LogP contribution in [0.3, 0.4) is 0 Å². The molecule has 0 unspecified atom stereocenters. The second-order valence-corrected chi connectivity index (χ2v) is 6.12. The predicted molar refractivity (Wildman–Crippen MR) is 81.6 cm³/mol. The van der Waals surface area contributed by atoms with E-state index < -0.39 is 0 Å². The largest absolute Gasteiger partial charge is 0.334 e. The summed E-state index contributed by atoms with van der Waals surface area (Å²) >= 11 is 4.92. The molecule has 0 aliphatic carbocycles. The third kappa shape index (κ3) is 3.78. The van der Waals surface area contributed by atoms with Crippen molar-refractivity contribution in [3.63, 3.8) is 0 Å². The molecule has 0 radical (unpaired) electrons. The van der Waals surface area contributed by atoms with E-state index in [0.29, 0.717) is 11.7 Å². The number of benzene rings is 1. The molecule has 0 aliphatic heterocycles. The first-order valence-corrected chi connectivity index (χ1v) is 7.39. The van der Waals surface area contributed by atoms with Crippen LogP contribution in [0.1, 0.15) is 16.1 Å². The number of aryl methyl sites for hydroxylation is 2. The monoisotopic (exact) mass is 339 g/mol. The van der Waals surface area contributed by atoms with E-state index in [-0.39, 0.29) is 6.03 Å². The van der Waals surface area contributed by atoms with Crippen molar-refractivity contribution in [3.05, 3.63) is 44.9 Å². The summed E-state index contributed by atoms with van der Waals surface area (Å²) in [7, 11) is 0.